The zero-order valence-electron chi connectivity index (χ0n) is 16.4. The first-order valence-electron chi connectivity index (χ1n) is 9.33. The summed E-state index contributed by atoms with van der Waals surface area (Å²) in [4.78, 5) is 18.4. The Morgan fingerprint density at radius 1 is 1.16 bits per heavy atom. The van der Waals surface area contributed by atoms with Crippen molar-refractivity contribution in [2.24, 2.45) is 4.99 Å². The standard InChI is InChI=1S/C18H36N4O2.HI/c1-5-19-17(20-12-8-7-11-16(23)24-4)21-15-18(2,3)22-13-9-6-10-14-22;/h5-15H2,1-4H3,(H2,19,20,21);1H. The maximum atomic E-state index is 11.1. The van der Waals surface area contributed by atoms with Crippen LogP contribution < -0.4 is 10.6 Å². The Morgan fingerprint density at radius 3 is 2.44 bits per heavy atom. The molecule has 0 spiro atoms. The number of piperidine rings is 1. The number of methoxy groups -OCH3 is 1. The highest BCUT2D eigenvalue weighted by atomic mass is 127. The van der Waals surface area contributed by atoms with Crippen LogP contribution in [0.25, 0.3) is 0 Å². The third-order valence-electron chi connectivity index (χ3n) is 4.51. The summed E-state index contributed by atoms with van der Waals surface area (Å²) in [6.07, 6.45) is 6.18. The van der Waals surface area contributed by atoms with E-state index in [-0.39, 0.29) is 35.5 Å². The number of rotatable bonds is 9. The largest absolute Gasteiger partial charge is 0.469 e. The minimum absolute atomic E-state index is 0. The number of ether oxygens (including phenoxy) is 1. The fourth-order valence-electron chi connectivity index (χ4n) is 2.92. The summed E-state index contributed by atoms with van der Waals surface area (Å²) in [6.45, 7) is 11.4. The lowest BCUT2D eigenvalue weighted by molar-refractivity contribution is -0.140. The molecule has 1 fully saturated rings. The van der Waals surface area contributed by atoms with Crippen LogP contribution in [0.15, 0.2) is 4.99 Å². The van der Waals surface area contributed by atoms with Crippen molar-refractivity contribution in [2.75, 3.05) is 39.8 Å². The second kappa shape index (κ2) is 13.6. The van der Waals surface area contributed by atoms with Gasteiger partial charge in [0.25, 0.3) is 0 Å². The van der Waals surface area contributed by atoms with E-state index in [0.29, 0.717) is 6.42 Å². The van der Waals surface area contributed by atoms with Crippen LogP contribution in [0.2, 0.25) is 0 Å². The predicted molar refractivity (Wildman–Crippen MR) is 115 cm³/mol. The molecule has 1 saturated heterocycles. The molecule has 0 unspecified atom stereocenters. The molecule has 1 aliphatic rings. The Labute approximate surface area is 170 Å². The lowest BCUT2D eigenvalue weighted by Gasteiger charge is -2.40. The lowest BCUT2D eigenvalue weighted by atomic mass is 9.99. The van der Waals surface area contributed by atoms with E-state index in [9.17, 15) is 4.79 Å². The molecule has 0 radical (unpaired) electrons. The summed E-state index contributed by atoms with van der Waals surface area (Å²) in [5, 5.41) is 6.65. The number of hydrogen-bond donors (Lipinski definition) is 2. The summed E-state index contributed by atoms with van der Waals surface area (Å²) in [5.41, 5.74) is 0.0909. The monoisotopic (exact) mass is 468 g/mol. The molecular formula is C18H37IN4O2. The predicted octanol–water partition coefficient (Wildman–Crippen LogP) is 2.77. The third kappa shape index (κ3) is 10.2. The number of aliphatic imine (C=N–C) groups is 1. The van der Waals surface area contributed by atoms with E-state index in [0.717, 1.165) is 38.4 Å². The Hall–Kier alpha value is -0.570. The van der Waals surface area contributed by atoms with Crippen LogP contribution in [0.5, 0.6) is 0 Å². The van der Waals surface area contributed by atoms with Crippen LogP contribution in [0, 0.1) is 0 Å². The molecule has 25 heavy (non-hydrogen) atoms. The molecule has 1 heterocycles. The quantitative estimate of drug-likeness (QED) is 0.179. The van der Waals surface area contributed by atoms with E-state index in [4.69, 9.17) is 4.99 Å². The molecule has 0 atom stereocenters. The van der Waals surface area contributed by atoms with E-state index in [1.54, 1.807) is 0 Å². The van der Waals surface area contributed by atoms with Crippen LogP contribution >= 0.6 is 24.0 Å². The van der Waals surface area contributed by atoms with Gasteiger partial charge < -0.3 is 15.4 Å². The minimum Gasteiger partial charge on any atom is -0.469 e. The van der Waals surface area contributed by atoms with Gasteiger partial charge in [0.15, 0.2) is 5.96 Å². The van der Waals surface area contributed by atoms with Gasteiger partial charge in [-0.3, -0.25) is 14.7 Å². The van der Waals surface area contributed by atoms with Crippen molar-refractivity contribution in [2.45, 2.75) is 64.8 Å². The molecule has 148 valence electrons. The van der Waals surface area contributed by atoms with Gasteiger partial charge in [-0.25, -0.2) is 0 Å². The number of nitrogens with one attached hydrogen (secondary N) is 2. The fraction of sp³-hybridized carbons (Fsp3) is 0.889. The van der Waals surface area contributed by atoms with Crippen LogP contribution in [-0.2, 0) is 9.53 Å². The fourth-order valence-corrected chi connectivity index (χ4v) is 2.92. The van der Waals surface area contributed by atoms with Gasteiger partial charge in [-0.15, -0.1) is 24.0 Å². The number of nitrogens with zero attached hydrogens (tertiary/aromatic N) is 2. The number of carbonyl (C=O) groups excluding carboxylic acids is 1. The molecule has 0 saturated carbocycles. The lowest BCUT2D eigenvalue weighted by Crippen LogP contribution is -2.49. The van der Waals surface area contributed by atoms with E-state index < -0.39 is 0 Å². The summed E-state index contributed by atoms with van der Waals surface area (Å²) >= 11 is 0. The van der Waals surface area contributed by atoms with Crippen LogP contribution in [-0.4, -0.2) is 62.2 Å². The van der Waals surface area contributed by atoms with Crippen LogP contribution in [0.1, 0.15) is 59.3 Å². The molecule has 0 aromatic carbocycles. The number of unbranched alkanes of at least 4 members (excludes halogenated alkanes) is 1. The average Bonchev–Trinajstić information content (AvgIpc) is 2.59. The Kier molecular flexibility index (Phi) is 13.3. The number of likely N-dealkylation sites (tertiary alicyclic amines) is 1. The number of hydrogen-bond acceptors (Lipinski definition) is 4. The normalized spacial score (nSPS) is 16.1. The zero-order chi connectivity index (χ0) is 17.8. The van der Waals surface area contributed by atoms with Crippen molar-refractivity contribution in [3.8, 4) is 0 Å². The molecule has 0 amide bonds. The SMILES string of the molecule is CCNC(=NCC(C)(C)N1CCCCC1)NCCCCC(=O)OC.I. The minimum atomic E-state index is -0.140. The van der Waals surface area contributed by atoms with Crippen molar-refractivity contribution in [3.05, 3.63) is 0 Å². The first kappa shape index (κ1) is 24.4. The van der Waals surface area contributed by atoms with Crippen molar-refractivity contribution >= 4 is 35.9 Å². The van der Waals surface area contributed by atoms with Crippen molar-refractivity contribution in [1.82, 2.24) is 15.5 Å². The van der Waals surface area contributed by atoms with Gasteiger partial charge in [0.05, 0.1) is 13.7 Å². The zero-order valence-corrected chi connectivity index (χ0v) is 18.7. The molecule has 1 aliphatic heterocycles. The first-order chi connectivity index (χ1) is 11.5. The molecule has 0 bridgehead atoms. The van der Waals surface area contributed by atoms with E-state index in [2.05, 4.69) is 41.0 Å². The van der Waals surface area contributed by atoms with Gasteiger partial charge in [0.2, 0.25) is 0 Å². The van der Waals surface area contributed by atoms with Gasteiger partial charge in [0, 0.05) is 25.0 Å². The number of carbonyl (C=O) groups is 1. The number of guanidine groups is 1. The summed E-state index contributed by atoms with van der Waals surface area (Å²) in [6, 6.07) is 0. The highest BCUT2D eigenvalue weighted by Crippen LogP contribution is 2.20. The molecule has 2 N–H and O–H groups in total. The van der Waals surface area contributed by atoms with Crippen molar-refractivity contribution in [1.29, 1.82) is 0 Å². The molecule has 0 aliphatic carbocycles. The Morgan fingerprint density at radius 2 is 1.84 bits per heavy atom. The van der Waals surface area contributed by atoms with E-state index in [1.807, 2.05) is 0 Å². The number of esters is 1. The van der Waals surface area contributed by atoms with Gasteiger partial charge in [-0.1, -0.05) is 6.42 Å². The third-order valence-corrected chi connectivity index (χ3v) is 4.51. The Balaban J connectivity index is 0.00000576. The summed E-state index contributed by atoms with van der Waals surface area (Å²) in [7, 11) is 1.43. The summed E-state index contributed by atoms with van der Waals surface area (Å²) < 4.78 is 4.65. The Bertz CT molecular complexity index is 397. The van der Waals surface area contributed by atoms with Crippen LogP contribution in [0.4, 0.5) is 0 Å². The summed E-state index contributed by atoms with van der Waals surface area (Å²) in [5.74, 6) is 0.722. The van der Waals surface area contributed by atoms with Crippen molar-refractivity contribution < 1.29 is 9.53 Å². The van der Waals surface area contributed by atoms with Gasteiger partial charge in [0.1, 0.15) is 0 Å². The van der Waals surface area contributed by atoms with Crippen LogP contribution in [0.3, 0.4) is 0 Å². The second-order valence-electron chi connectivity index (χ2n) is 7.02. The molecule has 6 nitrogen and oxygen atoms in total. The highest BCUT2D eigenvalue weighted by molar-refractivity contribution is 14.0. The van der Waals surface area contributed by atoms with Crippen molar-refractivity contribution in [3.63, 3.8) is 0 Å². The van der Waals surface area contributed by atoms with E-state index >= 15 is 0 Å². The molecular weight excluding hydrogens is 431 g/mol. The van der Waals surface area contributed by atoms with Gasteiger partial charge in [-0.2, -0.15) is 0 Å². The topological polar surface area (TPSA) is 66.0 Å². The van der Waals surface area contributed by atoms with E-state index in [1.165, 1.54) is 39.5 Å². The number of halogens is 1. The maximum absolute atomic E-state index is 11.1. The highest BCUT2D eigenvalue weighted by Gasteiger charge is 2.27. The molecule has 0 aromatic heterocycles. The second-order valence-corrected chi connectivity index (χ2v) is 7.02. The molecule has 0 aromatic rings. The molecule has 7 heteroatoms. The molecule has 1 rings (SSSR count). The maximum Gasteiger partial charge on any atom is 0.305 e. The van der Waals surface area contributed by atoms with Gasteiger partial charge >= 0.3 is 5.97 Å². The first-order valence-corrected chi connectivity index (χ1v) is 9.33. The average molecular weight is 468 g/mol. The van der Waals surface area contributed by atoms with Gasteiger partial charge in [-0.05, 0) is 59.5 Å². The smallest absolute Gasteiger partial charge is 0.305 e.